The highest BCUT2D eigenvalue weighted by molar-refractivity contribution is 4.78. The molecule has 0 amide bonds. The molecule has 0 saturated carbocycles. The van der Waals surface area contributed by atoms with Crippen molar-refractivity contribution in [1.82, 2.24) is 15.0 Å². The van der Waals surface area contributed by atoms with Crippen LogP contribution in [-0.4, -0.2) is 27.7 Å². The van der Waals surface area contributed by atoms with Crippen LogP contribution in [0.25, 0.3) is 0 Å². The van der Waals surface area contributed by atoms with E-state index >= 15 is 0 Å². The van der Waals surface area contributed by atoms with E-state index in [0.29, 0.717) is 12.1 Å². The maximum Gasteiger partial charge on any atom is 0.0795 e. The fraction of sp³-hybridized carbons (Fsp3) is 0.714. The van der Waals surface area contributed by atoms with Crippen molar-refractivity contribution in [2.75, 3.05) is 6.61 Å². The zero-order chi connectivity index (χ0) is 7.68. The molecule has 2 unspecified atom stereocenters. The van der Waals surface area contributed by atoms with Crippen LogP contribution in [0.15, 0.2) is 12.4 Å². The molecule has 2 heterocycles. The molecule has 1 aromatic heterocycles. The lowest BCUT2D eigenvalue weighted by Crippen LogP contribution is -2.09. The summed E-state index contributed by atoms with van der Waals surface area (Å²) in [5.41, 5.74) is 0. The van der Waals surface area contributed by atoms with Crippen molar-refractivity contribution < 1.29 is 4.74 Å². The second kappa shape index (κ2) is 2.62. The fourth-order valence-electron chi connectivity index (χ4n) is 1.39. The van der Waals surface area contributed by atoms with Gasteiger partial charge in [-0.1, -0.05) is 5.21 Å². The van der Waals surface area contributed by atoms with Crippen molar-refractivity contribution in [1.29, 1.82) is 0 Å². The van der Waals surface area contributed by atoms with Crippen LogP contribution in [0.3, 0.4) is 0 Å². The molecule has 4 heteroatoms. The predicted octanol–water partition coefficient (Wildman–Crippen LogP) is 0.628. The normalized spacial score (nSPS) is 31.0. The Morgan fingerprint density at radius 1 is 1.64 bits per heavy atom. The van der Waals surface area contributed by atoms with Crippen LogP contribution in [0.5, 0.6) is 0 Å². The van der Waals surface area contributed by atoms with E-state index in [1.54, 1.807) is 6.20 Å². The van der Waals surface area contributed by atoms with Gasteiger partial charge in [0.25, 0.3) is 0 Å². The molecular weight excluding hydrogens is 142 g/mol. The molecule has 2 atom stereocenters. The Bertz CT molecular complexity index is 222. The molecule has 1 aliphatic rings. The Morgan fingerprint density at radius 2 is 2.55 bits per heavy atom. The molecule has 0 N–H and O–H groups in total. The minimum absolute atomic E-state index is 0.365. The van der Waals surface area contributed by atoms with E-state index in [2.05, 4.69) is 17.2 Å². The summed E-state index contributed by atoms with van der Waals surface area (Å²) in [6.45, 7) is 2.85. The van der Waals surface area contributed by atoms with E-state index in [4.69, 9.17) is 4.74 Å². The highest BCUT2D eigenvalue weighted by atomic mass is 16.5. The first kappa shape index (κ1) is 6.79. The lowest BCUT2D eigenvalue weighted by atomic mass is 10.2. The third kappa shape index (κ3) is 1.26. The highest BCUT2D eigenvalue weighted by Crippen LogP contribution is 2.22. The second-order valence-electron chi connectivity index (χ2n) is 2.92. The van der Waals surface area contributed by atoms with E-state index in [1.807, 2.05) is 10.9 Å². The van der Waals surface area contributed by atoms with Crippen molar-refractivity contribution in [2.45, 2.75) is 25.5 Å². The van der Waals surface area contributed by atoms with Crippen LogP contribution in [-0.2, 0) is 4.74 Å². The van der Waals surface area contributed by atoms with Gasteiger partial charge in [0.1, 0.15) is 0 Å². The van der Waals surface area contributed by atoms with Crippen molar-refractivity contribution in [3.63, 3.8) is 0 Å². The van der Waals surface area contributed by atoms with Gasteiger partial charge in [-0.25, -0.2) is 4.68 Å². The molecule has 2 rings (SSSR count). The number of nitrogens with zero attached hydrogens (tertiary/aromatic N) is 3. The third-order valence-corrected chi connectivity index (χ3v) is 1.99. The van der Waals surface area contributed by atoms with Crippen LogP contribution in [0.1, 0.15) is 19.4 Å². The summed E-state index contributed by atoms with van der Waals surface area (Å²) in [7, 11) is 0. The molecule has 0 bridgehead atoms. The average Bonchev–Trinajstić information content (AvgIpc) is 2.55. The maximum absolute atomic E-state index is 5.40. The molecule has 0 aromatic carbocycles. The molecule has 4 nitrogen and oxygen atoms in total. The monoisotopic (exact) mass is 153 g/mol. The first-order valence-electron chi connectivity index (χ1n) is 3.83. The van der Waals surface area contributed by atoms with Crippen molar-refractivity contribution in [3.8, 4) is 0 Å². The van der Waals surface area contributed by atoms with Gasteiger partial charge >= 0.3 is 0 Å². The molecule has 0 radical (unpaired) electrons. The SMILES string of the molecule is CC1CC(n2ccnn2)CO1. The van der Waals surface area contributed by atoms with Crippen LogP contribution in [0.4, 0.5) is 0 Å². The molecule has 1 fully saturated rings. The summed E-state index contributed by atoms with van der Waals surface area (Å²) >= 11 is 0. The topological polar surface area (TPSA) is 39.9 Å². The number of ether oxygens (including phenoxy) is 1. The Hall–Kier alpha value is -0.900. The molecule has 11 heavy (non-hydrogen) atoms. The van der Waals surface area contributed by atoms with Crippen LogP contribution in [0, 0.1) is 0 Å². The first-order chi connectivity index (χ1) is 5.36. The minimum atomic E-state index is 0.365. The lowest BCUT2D eigenvalue weighted by molar-refractivity contribution is 0.119. The summed E-state index contributed by atoms with van der Waals surface area (Å²) < 4.78 is 7.27. The number of hydrogen-bond acceptors (Lipinski definition) is 3. The zero-order valence-electron chi connectivity index (χ0n) is 6.47. The predicted molar refractivity (Wildman–Crippen MR) is 39.1 cm³/mol. The third-order valence-electron chi connectivity index (χ3n) is 1.99. The van der Waals surface area contributed by atoms with E-state index in [0.717, 1.165) is 13.0 Å². The number of rotatable bonds is 1. The van der Waals surface area contributed by atoms with E-state index < -0.39 is 0 Å². The van der Waals surface area contributed by atoms with Gasteiger partial charge in [-0.05, 0) is 13.3 Å². The highest BCUT2D eigenvalue weighted by Gasteiger charge is 2.23. The van der Waals surface area contributed by atoms with E-state index in [9.17, 15) is 0 Å². The molecule has 0 spiro atoms. The van der Waals surface area contributed by atoms with Gasteiger partial charge in [-0.3, -0.25) is 0 Å². The molecule has 0 aliphatic carbocycles. The maximum atomic E-state index is 5.40. The lowest BCUT2D eigenvalue weighted by Gasteiger charge is -2.05. The van der Waals surface area contributed by atoms with Gasteiger partial charge < -0.3 is 4.74 Å². The molecule has 1 aromatic rings. The van der Waals surface area contributed by atoms with E-state index in [1.165, 1.54) is 0 Å². The molecule has 1 aliphatic heterocycles. The van der Waals surface area contributed by atoms with Gasteiger partial charge in [0.15, 0.2) is 0 Å². The summed E-state index contributed by atoms with van der Waals surface area (Å²) in [6, 6.07) is 0.396. The van der Waals surface area contributed by atoms with Crippen LogP contribution < -0.4 is 0 Å². The standard InChI is InChI=1S/C7H11N3O/c1-6-4-7(5-11-6)10-3-2-8-9-10/h2-3,6-7H,4-5H2,1H3. The smallest absolute Gasteiger partial charge is 0.0795 e. The first-order valence-corrected chi connectivity index (χ1v) is 3.83. The Labute approximate surface area is 65.2 Å². The number of aromatic nitrogens is 3. The quantitative estimate of drug-likeness (QED) is 0.594. The van der Waals surface area contributed by atoms with Gasteiger partial charge in [0.05, 0.1) is 24.9 Å². The van der Waals surface area contributed by atoms with Crippen molar-refractivity contribution >= 4 is 0 Å². The number of hydrogen-bond donors (Lipinski definition) is 0. The van der Waals surface area contributed by atoms with E-state index in [-0.39, 0.29) is 0 Å². The van der Waals surface area contributed by atoms with Crippen molar-refractivity contribution in [3.05, 3.63) is 12.4 Å². The van der Waals surface area contributed by atoms with Crippen molar-refractivity contribution in [2.24, 2.45) is 0 Å². The Balaban J connectivity index is 2.08. The minimum Gasteiger partial charge on any atom is -0.376 e. The summed E-state index contributed by atoms with van der Waals surface area (Å²) in [4.78, 5) is 0. The molecule has 1 saturated heterocycles. The second-order valence-corrected chi connectivity index (χ2v) is 2.92. The summed E-state index contributed by atoms with van der Waals surface area (Å²) in [6.07, 6.45) is 4.99. The van der Waals surface area contributed by atoms with Gasteiger partial charge in [-0.2, -0.15) is 0 Å². The molecular formula is C7H11N3O. The Morgan fingerprint density at radius 3 is 3.09 bits per heavy atom. The summed E-state index contributed by atoms with van der Waals surface area (Å²) in [5, 5.41) is 7.67. The summed E-state index contributed by atoms with van der Waals surface area (Å²) in [5.74, 6) is 0. The van der Waals surface area contributed by atoms with Gasteiger partial charge in [0.2, 0.25) is 0 Å². The van der Waals surface area contributed by atoms with Gasteiger partial charge in [-0.15, -0.1) is 5.10 Å². The fourth-order valence-corrected chi connectivity index (χ4v) is 1.39. The largest absolute Gasteiger partial charge is 0.376 e. The average molecular weight is 153 g/mol. The van der Waals surface area contributed by atoms with Crippen LogP contribution in [0.2, 0.25) is 0 Å². The van der Waals surface area contributed by atoms with Gasteiger partial charge in [0, 0.05) is 6.20 Å². The Kier molecular flexibility index (Phi) is 1.62. The zero-order valence-corrected chi connectivity index (χ0v) is 6.47. The van der Waals surface area contributed by atoms with Crippen LogP contribution >= 0.6 is 0 Å². The molecule has 60 valence electrons.